The maximum atomic E-state index is 11.5. The molecular weight excluding hydrogens is 184 g/mol. The van der Waals surface area contributed by atoms with Gasteiger partial charge in [0.2, 0.25) is 5.78 Å². The highest BCUT2D eigenvalue weighted by Crippen LogP contribution is 2.39. The number of carbonyl (C=O) groups excluding carboxylic acids is 1. The zero-order chi connectivity index (χ0) is 10.3. The van der Waals surface area contributed by atoms with Gasteiger partial charge in [-0.3, -0.25) is 4.79 Å². The normalized spacial score (nSPS) is 13.8. The molecule has 0 amide bonds. The number of phenolic OH excluding ortho intramolecular Hbond substituents is 1. The first-order valence-corrected chi connectivity index (χ1v) is 3.96. The molecule has 0 atom stereocenters. The van der Waals surface area contributed by atoms with Crippen LogP contribution in [0.25, 0.3) is 0 Å². The molecule has 0 bridgehead atoms. The molecule has 0 saturated carbocycles. The van der Waals surface area contributed by atoms with E-state index >= 15 is 0 Å². The van der Waals surface area contributed by atoms with Crippen molar-refractivity contribution in [2.45, 2.75) is 0 Å². The minimum Gasteiger partial charge on any atom is -0.508 e. The van der Waals surface area contributed by atoms with E-state index in [2.05, 4.69) is 6.58 Å². The Kier molecular flexibility index (Phi) is 1.70. The molecule has 0 aromatic heterocycles. The zero-order valence-electron chi connectivity index (χ0n) is 7.53. The molecule has 1 aliphatic rings. The van der Waals surface area contributed by atoms with Crippen molar-refractivity contribution in [2.75, 3.05) is 7.11 Å². The molecule has 0 unspecified atom stereocenters. The number of benzene rings is 1. The Morgan fingerprint density at radius 3 is 2.86 bits per heavy atom. The van der Waals surface area contributed by atoms with Crippen LogP contribution < -0.4 is 9.47 Å². The number of methoxy groups -OCH3 is 1. The molecule has 1 heterocycles. The summed E-state index contributed by atoms with van der Waals surface area (Å²) in [6, 6.07) is 2.71. The molecule has 2 rings (SSSR count). The summed E-state index contributed by atoms with van der Waals surface area (Å²) in [5, 5.41) is 9.28. The minimum atomic E-state index is -0.308. The maximum Gasteiger partial charge on any atom is 0.235 e. The van der Waals surface area contributed by atoms with Crippen molar-refractivity contribution < 1.29 is 19.4 Å². The molecule has 0 aliphatic carbocycles. The van der Waals surface area contributed by atoms with Gasteiger partial charge in [0.05, 0.1) is 7.11 Å². The smallest absolute Gasteiger partial charge is 0.235 e. The minimum absolute atomic E-state index is 0.0110. The van der Waals surface area contributed by atoms with Crippen molar-refractivity contribution in [3.05, 3.63) is 30.0 Å². The van der Waals surface area contributed by atoms with Crippen LogP contribution in [0.1, 0.15) is 10.4 Å². The first kappa shape index (κ1) is 8.62. The van der Waals surface area contributed by atoms with Gasteiger partial charge in [0, 0.05) is 12.1 Å². The van der Waals surface area contributed by atoms with Gasteiger partial charge < -0.3 is 14.6 Å². The second-order valence-electron chi connectivity index (χ2n) is 2.88. The first-order chi connectivity index (χ1) is 6.63. The van der Waals surface area contributed by atoms with Gasteiger partial charge in [-0.05, 0) is 0 Å². The van der Waals surface area contributed by atoms with Crippen LogP contribution >= 0.6 is 0 Å². The van der Waals surface area contributed by atoms with Crippen molar-refractivity contribution >= 4 is 5.78 Å². The van der Waals surface area contributed by atoms with Gasteiger partial charge in [0.25, 0.3) is 0 Å². The number of fused-ring (bicyclic) bond motifs is 1. The molecular formula is C10H8O4. The molecule has 0 fully saturated rings. The van der Waals surface area contributed by atoms with E-state index in [4.69, 9.17) is 9.47 Å². The van der Waals surface area contributed by atoms with Crippen LogP contribution in [0.2, 0.25) is 0 Å². The summed E-state index contributed by atoms with van der Waals surface area (Å²) in [6.07, 6.45) is 0. The predicted octanol–water partition coefficient (Wildman–Crippen LogP) is 1.49. The van der Waals surface area contributed by atoms with Crippen molar-refractivity contribution in [3.63, 3.8) is 0 Å². The Hall–Kier alpha value is -1.97. The monoisotopic (exact) mass is 192 g/mol. The molecule has 1 N–H and O–H groups in total. The molecule has 72 valence electrons. The van der Waals surface area contributed by atoms with Crippen molar-refractivity contribution in [2.24, 2.45) is 0 Å². The number of hydrogen-bond acceptors (Lipinski definition) is 4. The fraction of sp³-hybridized carbons (Fsp3) is 0.100. The highest BCUT2D eigenvalue weighted by molar-refractivity contribution is 6.13. The summed E-state index contributed by atoms with van der Waals surface area (Å²) in [7, 11) is 1.42. The number of Topliss-reactive ketones (excluding diaryl/α,β-unsaturated/α-hetero) is 1. The van der Waals surface area contributed by atoms with Crippen molar-refractivity contribution in [1.29, 1.82) is 0 Å². The van der Waals surface area contributed by atoms with Crippen LogP contribution in [0, 0.1) is 0 Å². The third-order valence-electron chi connectivity index (χ3n) is 1.98. The summed E-state index contributed by atoms with van der Waals surface area (Å²) in [5.74, 6) is 0.310. The lowest BCUT2D eigenvalue weighted by molar-refractivity contribution is 0.101. The molecule has 1 aromatic rings. The first-order valence-electron chi connectivity index (χ1n) is 3.96. The van der Waals surface area contributed by atoms with Gasteiger partial charge in [-0.1, -0.05) is 6.58 Å². The lowest BCUT2D eigenvalue weighted by atomic mass is 10.1. The van der Waals surface area contributed by atoms with Crippen molar-refractivity contribution in [3.8, 4) is 17.2 Å². The van der Waals surface area contributed by atoms with E-state index in [0.29, 0.717) is 11.3 Å². The molecule has 0 spiro atoms. The Morgan fingerprint density at radius 1 is 1.50 bits per heavy atom. The van der Waals surface area contributed by atoms with E-state index in [9.17, 15) is 9.90 Å². The molecule has 0 saturated heterocycles. The van der Waals surface area contributed by atoms with Crippen LogP contribution in [0.5, 0.6) is 17.2 Å². The predicted molar refractivity (Wildman–Crippen MR) is 48.8 cm³/mol. The van der Waals surface area contributed by atoms with Gasteiger partial charge in [-0.15, -0.1) is 0 Å². The van der Waals surface area contributed by atoms with Crippen LogP contribution in [-0.4, -0.2) is 18.0 Å². The fourth-order valence-electron chi connectivity index (χ4n) is 1.36. The molecule has 1 aliphatic heterocycles. The van der Waals surface area contributed by atoms with E-state index in [1.54, 1.807) is 0 Å². The maximum absolute atomic E-state index is 11.5. The summed E-state index contributed by atoms with van der Waals surface area (Å²) in [5.41, 5.74) is 0.315. The molecule has 4 heteroatoms. The van der Waals surface area contributed by atoms with E-state index < -0.39 is 0 Å². The Morgan fingerprint density at radius 2 is 2.21 bits per heavy atom. The van der Waals surface area contributed by atoms with E-state index in [1.807, 2.05) is 0 Å². The van der Waals surface area contributed by atoms with E-state index in [-0.39, 0.29) is 23.0 Å². The van der Waals surface area contributed by atoms with E-state index in [1.165, 1.54) is 19.2 Å². The Bertz CT molecular complexity index is 434. The van der Waals surface area contributed by atoms with Crippen molar-refractivity contribution in [1.82, 2.24) is 0 Å². The Labute approximate surface area is 80.4 Å². The molecule has 14 heavy (non-hydrogen) atoms. The second kappa shape index (κ2) is 2.77. The Balaban J connectivity index is 2.68. The number of aromatic hydroxyl groups is 1. The SMILES string of the molecule is C=C1Oc2cc(O)cc(OC)c2C1=O. The lowest BCUT2D eigenvalue weighted by Crippen LogP contribution is -1.98. The molecule has 4 nitrogen and oxygen atoms in total. The highest BCUT2D eigenvalue weighted by Gasteiger charge is 2.30. The summed E-state index contributed by atoms with van der Waals surface area (Å²) < 4.78 is 10.0. The van der Waals surface area contributed by atoms with Gasteiger partial charge in [0.15, 0.2) is 5.76 Å². The number of allylic oxidation sites excluding steroid dienone is 1. The summed E-state index contributed by atoms with van der Waals surface area (Å²) in [6.45, 7) is 3.45. The van der Waals surface area contributed by atoms with Gasteiger partial charge in [-0.2, -0.15) is 0 Å². The zero-order valence-corrected chi connectivity index (χ0v) is 7.53. The average molecular weight is 192 g/mol. The van der Waals surface area contributed by atoms with E-state index in [0.717, 1.165) is 0 Å². The topological polar surface area (TPSA) is 55.8 Å². The van der Waals surface area contributed by atoms with Gasteiger partial charge in [0.1, 0.15) is 22.8 Å². The van der Waals surface area contributed by atoms with Crippen LogP contribution in [0.15, 0.2) is 24.5 Å². The number of rotatable bonds is 1. The lowest BCUT2D eigenvalue weighted by Gasteiger charge is -2.04. The van der Waals surface area contributed by atoms with Gasteiger partial charge in [-0.25, -0.2) is 0 Å². The highest BCUT2D eigenvalue weighted by atomic mass is 16.5. The molecule has 0 radical (unpaired) electrons. The van der Waals surface area contributed by atoms with Crippen LogP contribution in [0.4, 0.5) is 0 Å². The number of phenols is 1. The number of ketones is 1. The summed E-state index contributed by atoms with van der Waals surface area (Å²) in [4.78, 5) is 11.5. The quantitative estimate of drug-likeness (QED) is 0.685. The number of ether oxygens (including phenoxy) is 2. The third-order valence-corrected chi connectivity index (χ3v) is 1.98. The van der Waals surface area contributed by atoms with Gasteiger partial charge >= 0.3 is 0 Å². The molecule has 1 aromatic carbocycles. The average Bonchev–Trinajstić information content (AvgIpc) is 2.41. The second-order valence-corrected chi connectivity index (χ2v) is 2.88. The summed E-state index contributed by atoms with van der Waals surface area (Å²) >= 11 is 0. The van der Waals surface area contributed by atoms with Crippen LogP contribution in [-0.2, 0) is 0 Å². The number of carbonyl (C=O) groups is 1. The number of hydrogen-bond donors (Lipinski definition) is 1. The fourth-order valence-corrected chi connectivity index (χ4v) is 1.36. The third kappa shape index (κ3) is 1.04. The largest absolute Gasteiger partial charge is 0.508 e. The van der Waals surface area contributed by atoms with Crippen LogP contribution in [0.3, 0.4) is 0 Å². The standard InChI is InChI=1S/C10H8O4/c1-5-10(12)9-7(13-2)3-6(11)4-8(9)14-5/h3-4,11H,1H2,2H3.